The molecule has 1 aliphatic carbocycles. The van der Waals surface area contributed by atoms with Crippen LogP contribution in [-0.2, 0) is 4.79 Å². The highest BCUT2D eigenvalue weighted by Gasteiger charge is 2.22. The summed E-state index contributed by atoms with van der Waals surface area (Å²) < 4.78 is 4.94. The number of ketones is 1. The van der Waals surface area contributed by atoms with Crippen molar-refractivity contribution in [1.29, 1.82) is 0 Å². The van der Waals surface area contributed by atoms with Gasteiger partial charge in [0, 0.05) is 24.5 Å². The van der Waals surface area contributed by atoms with Crippen LogP contribution >= 0.6 is 0 Å². The van der Waals surface area contributed by atoms with Crippen LogP contribution in [0.2, 0.25) is 0 Å². The summed E-state index contributed by atoms with van der Waals surface area (Å²) in [6.07, 6.45) is 2.91. The third-order valence-electron chi connectivity index (χ3n) is 3.04. The molecular weight excluding hydrogens is 206 g/mol. The van der Waals surface area contributed by atoms with Crippen molar-refractivity contribution in [2.75, 3.05) is 7.11 Å². The highest BCUT2D eigenvalue weighted by molar-refractivity contribution is 5.79. The van der Waals surface area contributed by atoms with E-state index in [-0.39, 0.29) is 11.8 Å². The van der Waals surface area contributed by atoms with Gasteiger partial charge in [0.2, 0.25) is 0 Å². The van der Waals surface area contributed by atoms with E-state index in [1.807, 2.05) is 6.07 Å². The molecule has 0 aliphatic heterocycles. The third kappa shape index (κ3) is 2.15. The molecule has 16 heavy (non-hydrogen) atoms. The molecule has 1 aliphatic rings. The number of ether oxygens (including phenoxy) is 1. The van der Waals surface area contributed by atoms with Crippen LogP contribution in [0, 0.1) is 0 Å². The molecular formula is C12H15NO3. The van der Waals surface area contributed by atoms with Crippen molar-refractivity contribution in [3.05, 3.63) is 17.8 Å². The van der Waals surface area contributed by atoms with Crippen molar-refractivity contribution in [2.45, 2.75) is 31.6 Å². The zero-order chi connectivity index (χ0) is 11.5. The number of aromatic hydroxyl groups is 1. The first-order valence-electron chi connectivity index (χ1n) is 5.46. The zero-order valence-electron chi connectivity index (χ0n) is 9.27. The van der Waals surface area contributed by atoms with Gasteiger partial charge in [-0.1, -0.05) is 0 Å². The topological polar surface area (TPSA) is 59.4 Å². The second kappa shape index (κ2) is 4.51. The Morgan fingerprint density at radius 1 is 1.38 bits per heavy atom. The van der Waals surface area contributed by atoms with E-state index >= 15 is 0 Å². The van der Waals surface area contributed by atoms with Gasteiger partial charge < -0.3 is 9.84 Å². The molecule has 0 bridgehead atoms. The van der Waals surface area contributed by atoms with Crippen LogP contribution in [-0.4, -0.2) is 23.0 Å². The molecule has 0 amide bonds. The molecule has 0 spiro atoms. The van der Waals surface area contributed by atoms with E-state index in [4.69, 9.17) is 4.74 Å². The maximum Gasteiger partial charge on any atom is 0.254 e. The predicted molar refractivity (Wildman–Crippen MR) is 58.7 cm³/mol. The van der Waals surface area contributed by atoms with Gasteiger partial charge >= 0.3 is 0 Å². The van der Waals surface area contributed by atoms with E-state index in [0.29, 0.717) is 24.4 Å². The quantitative estimate of drug-likeness (QED) is 0.830. The number of hydrogen-bond donors (Lipinski definition) is 1. The van der Waals surface area contributed by atoms with E-state index in [1.165, 1.54) is 7.11 Å². The summed E-state index contributed by atoms with van der Waals surface area (Å²) in [5, 5.41) is 9.57. The Labute approximate surface area is 94.3 Å². The summed E-state index contributed by atoms with van der Waals surface area (Å²) in [6, 6.07) is 3.58. The first-order valence-corrected chi connectivity index (χ1v) is 5.46. The van der Waals surface area contributed by atoms with Gasteiger partial charge in [-0.2, -0.15) is 0 Å². The lowest BCUT2D eigenvalue weighted by Gasteiger charge is -2.20. The maximum absolute atomic E-state index is 11.1. The van der Waals surface area contributed by atoms with Gasteiger partial charge in [-0.05, 0) is 25.0 Å². The summed E-state index contributed by atoms with van der Waals surface area (Å²) in [5.41, 5.74) is 0.853. The highest BCUT2D eigenvalue weighted by Crippen LogP contribution is 2.33. The van der Waals surface area contributed by atoms with Crippen molar-refractivity contribution in [1.82, 2.24) is 4.98 Å². The smallest absolute Gasteiger partial charge is 0.254 e. The van der Waals surface area contributed by atoms with Crippen molar-refractivity contribution in [2.24, 2.45) is 0 Å². The molecule has 86 valence electrons. The summed E-state index contributed by atoms with van der Waals surface area (Å²) in [7, 11) is 1.50. The minimum absolute atomic E-state index is 0.0723. The fraction of sp³-hybridized carbons (Fsp3) is 0.500. The Morgan fingerprint density at radius 2 is 2.06 bits per heavy atom. The van der Waals surface area contributed by atoms with Gasteiger partial charge in [0.15, 0.2) is 5.75 Å². The fourth-order valence-electron chi connectivity index (χ4n) is 2.07. The van der Waals surface area contributed by atoms with Gasteiger partial charge in [0.1, 0.15) is 5.78 Å². The summed E-state index contributed by atoms with van der Waals surface area (Å²) in [5.74, 6) is 0.927. The molecule has 1 fully saturated rings. The van der Waals surface area contributed by atoms with E-state index in [1.54, 1.807) is 6.07 Å². The second-order valence-corrected chi connectivity index (χ2v) is 4.07. The lowest BCUT2D eigenvalue weighted by molar-refractivity contribution is -0.120. The lowest BCUT2D eigenvalue weighted by atomic mass is 9.86. The number of rotatable bonds is 2. The Kier molecular flexibility index (Phi) is 3.08. The van der Waals surface area contributed by atoms with Crippen LogP contribution in [0.25, 0.3) is 0 Å². The van der Waals surface area contributed by atoms with Crippen molar-refractivity contribution in [3.63, 3.8) is 0 Å². The number of nitrogens with zero attached hydrogens (tertiary/aromatic N) is 1. The Balaban J connectivity index is 2.15. The molecule has 0 saturated heterocycles. The largest absolute Gasteiger partial charge is 0.491 e. The highest BCUT2D eigenvalue weighted by atomic mass is 16.5. The average Bonchev–Trinajstić information content (AvgIpc) is 2.30. The van der Waals surface area contributed by atoms with E-state index < -0.39 is 0 Å². The number of hydrogen-bond acceptors (Lipinski definition) is 4. The molecule has 0 aromatic carbocycles. The summed E-state index contributed by atoms with van der Waals surface area (Å²) in [6.45, 7) is 0. The summed E-state index contributed by atoms with van der Waals surface area (Å²) in [4.78, 5) is 15.2. The number of aromatic nitrogens is 1. The van der Waals surface area contributed by atoms with E-state index in [9.17, 15) is 9.90 Å². The third-order valence-corrected chi connectivity index (χ3v) is 3.04. The van der Waals surface area contributed by atoms with Crippen LogP contribution in [0.15, 0.2) is 12.1 Å². The Hall–Kier alpha value is -1.58. The number of pyridine rings is 1. The number of carbonyl (C=O) groups is 1. The molecule has 0 unspecified atom stereocenters. The van der Waals surface area contributed by atoms with Gasteiger partial charge in [-0.15, -0.1) is 0 Å². The van der Waals surface area contributed by atoms with Gasteiger partial charge in [0.25, 0.3) is 5.88 Å². The SMILES string of the molecule is COc1ccc(C2CCC(=O)CC2)nc1O. The van der Waals surface area contributed by atoms with Crippen LogP contribution in [0.3, 0.4) is 0 Å². The molecule has 2 rings (SSSR count). The molecule has 4 heteroatoms. The van der Waals surface area contributed by atoms with Crippen LogP contribution in [0.4, 0.5) is 0 Å². The second-order valence-electron chi connectivity index (χ2n) is 4.07. The lowest BCUT2D eigenvalue weighted by Crippen LogP contribution is -2.13. The standard InChI is InChI=1S/C12H15NO3/c1-16-11-7-6-10(13-12(11)15)8-2-4-9(14)5-3-8/h6-8H,2-5H2,1H3,(H,13,15). The maximum atomic E-state index is 11.1. The fourth-order valence-corrected chi connectivity index (χ4v) is 2.07. The number of methoxy groups -OCH3 is 1. The zero-order valence-corrected chi connectivity index (χ0v) is 9.27. The van der Waals surface area contributed by atoms with Crippen molar-refractivity contribution >= 4 is 5.78 Å². The molecule has 1 aromatic rings. The van der Waals surface area contributed by atoms with Crippen LogP contribution in [0.5, 0.6) is 11.6 Å². The number of carbonyl (C=O) groups excluding carboxylic acids is 1. The Bertz CT molecular complexity index is 393. The minimum atomic E-state index is -0.0723. The van der Waals surface area contributed by atoms with Gasteiger partial charge in [0.05, 0.1) is 7.11 Å². The summed E-state index contributed by atoms with van der Waals surface area (Å²) >= 11 is 0. The monoisotopic (exact) mass is 221 g/mol. The van der Waals surface area contributed by atoms with Gasteiger partial charge in [-0.25, -0.2) is 4.98 Å². The first kappa shape index (κ1) is 10.9. The molecule has 1 saturated carbocycles. The van der Waals surface area contributed by atoms with Gasteiger partial charge in [-0.3, -0.25) is 4.79 Å². The molecule has 0 radical (unpaired) electrons. The van der Waals surface area contributed by atoms with Crippen molar-refractivity contribution in [3.8, 4) is 11.6 Å². The minimum Gasteiger partial charge on any atom is -0.491 e. The van der Waals surface area contributed by atoms with Crippen LogP contribution < -0.4 is 4.74 Å². The van der Waals surface area contributed by atoms with E-state index in [0.717, 1.165) is 18.5 Å². The van der Waals surface area contributed by atoms with Crippen LogP contribution in [0.1, 0.15) is 37.3 Å². The normalized spacial score (nSPS) is 17.4. The molecule has 4 nitrogen and oxygen atoms in total. The first-order chi connectivity index (χ1) is 7.70. The number of Topliss-reactive ketones (excluding diaryl/α,β-unsaturated/α-hetero) is 1. The molecule has 1 heterocycles. The molecule has 1 aromatic heterocycles. The molecule has 1 N–H and O–H groups in total. The Morgan fingerprint density at radius 3 is 2.62 bits per heavy atom. The molecule has 0 atom stereocenters. The predicted octanol–water partition coefficient (Wildman–Crippen LogP) is 2.02. The van der Waals surface area contributed by atoms with Crippen molar-refractivity contribution < 1.29 is 14.6 Å². The average molecular weight is 221 g/mol. The van der Waals surface area contributed by atoms with E-state index in [2.05, 4.69) is 4.98 Å².